The van der Waals surface area contributed by atoms with Gasteiger partial charge in [-0.05, 0) is 140 Å². The van der Waals surface area contributed by atoms with E-state index in [9.17, 15) is 0 Å². The summed E-state index contributed by atoms with van der Waals surface area (Å²) < 4.78 is 0. The normalized spacial score (nSPS) is 11.9. The fourth-order valence-corrected chi connectivity index (χ4v) is 11.0. The molecule has 2 aromatic heterocycles. The fraction of sp³-hybridized carbons (Fsp3) is 0. The van der Waals surface area contributed by atoms with Gasteiger partial charge in [0.1, 0.15) is 0 Å². The molecule has 0 unspecified atom stereocenters. The highest BCUT2D eigenvalue weighted by Gasteiger charge is 2.19. The predicted molar refractivity (Wildman–Crippen MR) is 281 cm³/mol. The molecule has 14 aromatic rings. The summed E-state index contributed by atoms with van der Waals surface area (Å²) in [6.45, 7) is 0. The predicted octanol–water partition coefficient (Wildman–Crippen LogP) is 17.5. The van der Waals surface area contributed by atoms with Crippen LogP contribution in [-0.2, 0) is 0 Å². The highest BCUT2D eigenvalue weighted by atomic mass is 14.7. The topological polar surface area (TPSA) is 25.8 Å². The van der Waals surface area contributed by atoms with Crippen LogP contribution >= 0.6 is 0 Å². The Morgan fingerprint density at radius 3 is 1.18 bits per heavy atom. The number of hydrogen-bond acceptors (Lipinski definition) is 2. The summed E-state index contributed by atoms with van der Waals surface area (Å²) in [5, 5.41) is 19.7. The Labute approximate surface area is 380 Å². The van der Waals surface area contributed by atoms with Crippen LogP contribution < -0.4 is 0 Å². The maximum absolute atomic E-state index is 5.66. The van der Waals surface area contributed by atoms with Crippen LogP contribution in [-0.4, -0.2) is 9.97 Å². The number of fused-ring (bicyclic) bond motifs is 16. The standard InChI is InChI=1S/C64H38N2/c1-3-17-48-44(13-1)46-15-5-7-19-50(46)59-35-41(29-31-53(48)59)57-37-61-58(40-27-25-39(26-28-40)43-33-34-65-62-24-12-11-22-55(43)62)38-63(66-64(61)56-23-10-9-21-52(56)57)42-30-32-54-49-18-4-2-14-45(49)47-16-6-8-20-51(47)60(54)36-42/h1-38H. The van der Waals surface area contributed by atoms with Gasteiger partial charge >= 0.3 is 0 Å². The van der Waals surface area contributed by atoms with Crippen LogP contribution in [0, 0.1) is 0 Å². The minimum Gasteiger partial charge on any atom is -0.256 e. The number of aromatic nitrogens is 2. The van der Waals surface area contributed by atoms with Crippen molar-refractivity contribution in [3.63, 3.8) is 0 Å². The number of hydrogen-bond donors (Lipinski definition) is 0. The highest BCUT2D eigenvalue weighted by Crippen LogP contribution is 2.44. The lowest BCUT2D eigenvalue weighted by Crippen LogP contribution is -1.94. The van der Waals surface area contributed by atoms with Gasteiger partial charge in [0.2, 0.25) is 0 Å². The SMILES string of the molecule is c1ccc2c(-c3ccc(-c4cc(-c5ccc6c7ccccc7c7ccccc7c6c5)nc5c4cc(-c4ccc6c7ccccc7c7ccccc7c6c4)c4ccccc45)cc3)ccnc2c1. The number of rotatable bonds is 4. The first kappa shape index (κ1) is 36.7. The van der Waals surface area contributed by atoms with Gasteiger partial charge < -0.3 is 0 Å². The summed E-state index contributed by atoms with van der Waals surface area (Å²) in [6.07, 6.45) is 1.91. The van der Waals surface area contributed by atoms with Crippen molar-refractivity contribution in [2.24, 2.45) is 0 Å². The van der Waals surface area contributed by atoms with Gasteiger partial charge in [-0.15, -0.1) is 0 Å². The third-order valence-electron chi connectivity index (χ3n) is 14.1. The Morgan fingerprint density at radius 2 is 0.621 bits per heavy atom. The molecular formula is C64H38N2. The Balaban J connectivity index is 1.03. The van der Waals surface area contributed by atoms with E-state index in [0.717, 1.165) is 55.1 Å². The van der Waals surface area contributed by atoms with Gasteiger partial charge in [-0.25, -0.2) is 4.98 Å². The van der Waals surface area contributed by atoms with Gasteiger partial charge in [0, 0.05) is 27.9 Å². The number of pyridine rings is 2. The zero-order valence-corrected chi connectivity index (χ0v) is 35.8. The third kappa shape index (κ3) is 5.55. The second kappa shape index (κ2) is 14.4. The lowest BCUT2D eigenvalue weighted by Gasteiger charge is -2.17. The molecule has 12 aromatic carbocycles. The van der Waals surface area contributed by atoms with Crippen LogP contribution in [0.3, 0.4) is 0 Å². The van der Waals surface area contributed by atoms with Crippen LogP contribution in [0.4, 0.5) is 0 Å². The average Bonchev–Trinajstić information content (AvgIpc) is 3.40. The second-order valence-electron chi connectivity index (χ2n) is 17.6. The molecule has 0 spiro atoms. The van der Waals surface area contributed by atoms with E-state index >= 15 is 0 Å². The molecule has 0 bridgehead atoms. The zero-order chi connectivity index (χ0) is 43.3. The second-order valence-corrected chi connectivity index (χ2v) is 17.6. The number of nitrogens with zero attached hydrogens (tertiary/aromatic N) is 2. The minimum absolute atomic E-state index is 0.947. The van der Waals surface area contributed by atoms with Crippen LogP contribution in [0.2, 0.25) is 0 Å². The van der Waals surface area contributed by atoms with Gasteiger partial charge in [-0.2, -0.15) is 0 Å². The molecule has 0 amide bonds. The van der Waals surface area contributed by atoms with Crippen molar-refractivity contribution >= 4 is 97.2 Å². The minimum atomic E-state index is 0.947. The molecule has 2 heterocycles. The molecule has 2 nitrogen and oxygen atoms in total. The molecule has 0 saturated carbocycles. The molecule has 0 fully saturated rings. The summed E-state index contributed by atoms with van der Waals surface area (Å²) in [5.74, 6) is 0. The molecule has 0 aliphatic rings. The van der Waals surface area contributed by atoms with Crippen molar-refractivity contribution in [1.82, 2.24) is 9.97 Å². The molecule has 66 heavy (non-hydrogen) atoms. The molecule has 0 aliphatic carbocycles. The van der Waals surface area contributed by atoms with Gasteiger partial charge in [-0.1, -0.05) is 188 Å². The smallest absolute Gasteiger partial charge is 0.0794 e. The van der Waals surface area contributed by atoms with Gasteiger partial charge in [0.05, 0.1) is 16.7 Å². The maximum atomic E-state index is 5.66. The van der Waals surface area contributed by atoms with E-state index in [2.05, 4.69) is 229 Å². The first-order valence-corrected chi connectivity index (χ1v) is 22.7. The summed E-state index contributed by atoms with van der Waals surface area (Å²) in [5.41, 5.74) is 11.0. The van der Waals surface area contributed by atoms with E-state index in [0.29, 0.717) is 0 Å². The van der Waals surface area contributed by atoms with Crippen LogP contribution in [0.5, 0.6) is 0 Å². The van der Waals surface area contributed by atoms with E-state index in [4.69, 9.17) is 4.98 Å². The highest BCUT2D eigenvalue weighted by molar-refractivity contribution is 6.27. The first-order valence-electron chi connectivity index (χ1n) is 22.7. The van der Waals surface area contributed by atoms with E-state index < -0.39 is 0 Å². The third-order valence-corrected chi connectivity index (χ3v) is 14.1. The molecule has 0 N–H and O–H groups in total. The Morgan fingerprint density at radius 1 is 0.227 bits per heavy atom. The van der Waals surface area contributed by atoms with Crippen molar-refractivity contribution in [2.75, 3.05) is 0 Å². The molecular weight excluding hydrogens is 797 g/mol. The van der Waals surface area contributed by atoms with Crippen molar-refractivity contribution in [2.45, 2.75) is 0 Å². The number of benzene rings is 12. The zero-order valence-electron chi connectivity index (χ0n) is 35.8. The van der Waals surface area contributed by atoms with Gasteiger partial charge in [0.15, 0.2) is 0 Å². The maximum Gasteiger partial charge on any atom is 0.0794 e. The molecule has 2 heteroatoms. The van der Waals surface area contributed by atoms with Crippen molar-refractivity contribution in [3.8, 4) is 44.6 Å². The molecule has 304 valence electrons. The van der Waals surface area contributed by atoms with Crippen molar-refractivity contribution in [3.05, 3.63) is 231 Å². The monoisotopic (exact) mass is 834 g/mol. The van der Waals surface area contributed by atoms with Crippen LogP contribution in [0.25, 0.3) is 142 Å². The Kier molecular flexibility index (Phi) is 8.02. The molecule has 0 saturated heterocycles. The Bertz CT molecular complexity index is 4260. The molecule has 0 aliphatic heterocycles. The first-order chi connectivity index (χ1) is 32.7. The van der Waals surface area contributed by atoms with E-state index in [1.165, 1.54) is 86.7 Å². The van der Waals surface area contributed by atoms with E-state index in [1.54, 1.807) is 0 Å². The van der Waals surface area contributed by atoms with Gasteiger partial charge in [-0.3, -0.25) is 4.98 Å². The van der Waals surface area contributed by atoms with Crippen LogP contribution in [0.15, 0.2) is 231 Å². The largest absolute Gasteiger partial charge is 0.256 e. The molecule has 14 rings (SSSR count). The molecule has 0 radical (unpaired) electrons. The van der Waals surface area contributed by atoms with E-state index in [1.807, 2.05) is 6.20 Å². The quantitative estimate of drug-likeness (QED) is 0.165. The van der Waals surface area contributed by atoms with Crippen molar-refractivity contribution < 1.29 is 0 Å². The summed E-state index contributed by atoms with van der Waals surface area (Å²) in [4.78, 5) is 10.3. The van der Waals surface area contributed by atoms with E-state index in [-0.39, 0.29) is 0 Å². The summed E-state index contributed by atoms with van der Waals surface area (Å²) in [6, 6.07) is 82.3. The lowest BCUT2D eigenvalue weighted by molar-refractivity contribution is 1.41. The van der Waals surface area contributed by atoms with Crippen LogP contribution in [0.1, 0.15) is 0 Å². The van der Waals surface area contributed by atoms with Gasteiger partial charge in [0.25, 0.3) is 0 Å². The lowest BCUT2D eigenvalue weighted by atomic mass is 9.88. The average molecular weight is 835 g/mol. The summed E-state index contributed by atoms with van der Waals surface area (Å²) in [7, 11) is 0. The van der Waals surface area contributed by atoms with Crippen molar-refractivity contribution in [1.29, 1.82) is 0 Å². The summed E-state index contributed by atoms with van der Waals surface area (Å²) >= 11 is 0. The number of para-hydroxylation sites is 1. The Hall–Kier alpha value is -8.72. The molecule has 0 atom stereocenters. The fourth-order valence-electron chi connectivity index (χ4n) is 11.0.